The molecule has 112 valence electrons. The molecule has 0 unspecified atom stereocenters. The molecule has 0 atom stereocenters. The van der Waals surface area contributed by atoms with Crippen LogP contribution in [0.1, 0.15) is 25.7 Å². The molecule has 0 saturated carbocycles. The number of rotatable bonds is 1. The first-order valence-electron chi connectivity index (χ1n) is 7.70. The molecule has 2 aliphatic heterocycles. The van der Waals surface area contributed by atoms with Gasteiger partial charge in [0, 0.05) is 38.8 Å². The van der Waals surface area contributed by atoms with Gasteiger partial charge in [0.15, 0.2) is 0 Å². The summed E-state index contributed by atoms with van der Waals surface area (Å²) in [6.07, 6.45) is 4.68. The average Bonchev–Trinajstić information content (AvgIpc) is 3.13. The van der Waals surface area contributed by atoms with E-state index in [4.69, 9.17) is 15.7 Å². The summed E-state index contributed by atoms with van der Waals surface area (Å²) >= 11 is 0. The standard InChI is InChI=1S/C16H23N5/c1-20-10-4-5-15(20)19-16(21-11-2-3-12-21)18-14-8-6-13(17)7-9-14/h6-9H,2-5,10-12,17H2,1H3. The van der Waals surface area contributed by atoms with Gasteiger partial charge in [-0.25, -0.2) is 4.99 Å². The van der Waals surface area contributed by atoms with Gasteiger partial charge in [-0.15, -0.1) is 0 Å². The minimum Gasteiger partial charge on any atom is -0.399 e. The van der Waals surface area contributed by atoms with Gasteiger partial charge in [0.1, 0.15) is 5.84 Å². The van der Waals surface area contributed by atoms with Crippen molar-refractivity contribution >= 4 is 23.2 Å². The van der Waals surface area contributed by atoms with Crippen molar-refractivity contribution in [3.05, 3.63) is 24.3 Å². The van der Waals surface area contributed by atoms with E-state index in [0.717, 1.165) is 49.2 Å². The van der Waals surface area contributed by atoms with E-state index in [0.29, 0.717) is 0 Å². The predicted molar refractivity (Wildman–Crippen MR) is 88.1 cm³/mol. The Balaban J connectivity index is 1.89. The van der Waals surface area contributed by atoms with Gasteiger partial charge in [-0.3, -0.25) is 0 Å². The molecule has 0 spiro atoms. The number of benzene rings is 1. The molecule has 5 heteroatoms. The Bertz CT molecular complexity index is 540. The highest BCUT2D eigenvalue weighted by molar-refractivity contribution is 5.97. The van der Waals surface area contributed by atoms with E-state index >= 15 is 0 Å². The van der Waals surface area contributed by atoms with Gasteiger partial charge >= 0.3 is 0 Å². The Morgan fingerprint density at radius 1 is 1.05 bits per heavy atom. The van der Waals surface area contributed by atoms with Crippen molar-refractivity contribution < 1.29 is 0 Å². The van der Waals surface area contributed by atoms with E-state index in [1.165, 1.54) is 19.3 Å². The van der Waals surface area contributed by atoms with E-state index in [1.807, 2.05) is 24.3 Å². The van der Waals surface area contributed by atoms with Crippen molar-refractivity contribution in [2.75, 3.05) is 32.4 Å². The van der Waals surface area contributed by atoms with Gasteiger partial charge in [-0.1, -0.05) is 0 Å². The number of guanidine groups is 1. The van der Waals surface area contributed by atoms with Gasteiger partial charge in [0.05, 0.1) is 5.69 Å². The Morgan fingerprint density at radius 2 is 1.76 bits per heavy atom. The summed E-state index contributed by atoms with van der Waals surface area (Å²) in [5.74, 6) is 2.00. The van der Waals surface area contributed by atoms with E-state index in [1.54, 1.807) is 0 Å². The number of aliphatic imine (C=N–C) groups is 2. The molecular formula is C16H23N5. The monoisotopic (exact) mass is 285 g/mol. The quantitative estimate of drug-likeness (QED) is 0.490. The minimum atomic E-state index is 0.763. The SMILES string of the molecule is CN1CCCC1=NC(=Nc1ccc(N)cc1)N1CCCC1. The molecular weight excluding hydrogens is 262 g/mol. The van der Waals surface area contributed by atoms with Crippen molar-refractivity contribution in [3.8, 4) is 0 Å². The third kappa shape index (κ3) is 3.35. The third-order valence-electron chi connectivity index (χ3n) is 4.07. The molecule has 3 rings (SSSR count). The molecule has 2 heterocycles. The first-order chi connectivity index (χ1) is 10.2. The predicted octanol–water partition coefficient (Wildman–Crippen LogP) is 2.48. The Kier molecular flexibility index (Phi) is 4.08. The fourth-order valence-electron chi connectivity index (χ4n) is 2.80. The number of hydrogen-bond acceptors (Lipinski definition) is 2. The van der Waals surface area contributed by atoms with Crippen LogP contribution >= 0.6 is 0 Å². The summed E-state index contributed by atoms with van der Waals surface area (Å²) in [5.41, 5.74) is 7.41. The van der Waals surface area contributed by atoms with Gasteiger partial charge in [-0.2, -0.15) is 4.99 Å². The van der Waals surface area contributed by atoms with Crippen LogP contribution < -0.4 is 5.73 Å². The maximum absolute atomic E-state index is 5.74. The number of amidine groups is 1. The lowest BCUT2D eigenvalue weighted by Crippen LogP contribution is -2.29. The lowest BCUT2D eigenvalue weighted by molar-refractivity contribution is 0.510. The molecule has 0 radical (unpaired) electrons. The fraction of sp³-hybridized carbons (Fsp3) is 0.500. The summed E-state index contributed by atoms with van der Waals surface area (Å²) in [5, 5.41) is 0. The summed E-state index contributed by atoms with van der Waals surface area (Å²) in [6, 6.07) is 7.67. The zero-order chi connectivity index (χ0) is 14.7. The second-order valence-corrected chi connectivity index (χ2v) is 5.75. The van der Waals surface area contributed by atoms with Crippen LogP contribution in [0, 0.1) is 0 Å². The number of nitrogens with zero attached hydrogens (tertiary/aromatic N) is 4. The number of hydrogen-bond donors (Lipinski definition) is 1. The fourth-order valence-corrected chi connectivity index (χ4v) is 2.80. The second kappa shape index (κ2) is 6.16. The third-order valence-corrected chi connectivity index (χ3v) is 4.07. The Hall–Kier alpha value is -2.04. The number of nitrogens with two attached hydrogens (primary N) is 1. The van der Waals surface area contributed by atoms with Crippen molar-refractivity contribution in [1.29, 1.82) is 0 Å². The molecule has 0 aromatic heterocycles. The molecule has 2 N–H and O–H groups in total. The van der Waals surface area contributed by atoms with E-state index in [2.05, 4.69) is 16.8 Å². The van der Waals surface area contributed by atoms with Gasteiger partial charge in [0.25, 0.3) is 0 Å². The van der Waals surface area contributed by atoms with Crippen LogP contribution in [0.25, 0.3) is 0 Å². The number of likely N-dealkylation sites (tertiary alicyclic amines) is 2. The van der Waals surface area contributed by atoms with E-state index in [9.17, 15) is 0 Å². The first kappa shape index (κ1) is 13.9. The highest BCUT2D eigenvalue weighted by atomic mass is 15.3. The van der Waals surface area contributed by atoms with E-state index in [-0.39, 0.29) is 0 Å². The van der Waals surface area contributed by atoms with Crippen LogP contribution in [0.15, 0.2) is 34.3 Å². The highest BCUT2D eigenvalue weighted by Crippen LogP contribution is 2.19. The first-order valence-corrected chi connectivity index (χ1v) is 7.70. The largest absolute Gasteiger partial charge is 0.399 e. The average molecular weight is 285 g/mol. The molecule has 2 fully saturated rings. The molecule has 2 aliphatic rings. The van der Waals surface area contributed by atoms with Gasteiger partial charge < -0.3 is 15.5 Å². The van der Waals surface area contributed by atoms with Crippen molar-refractivity contribution in [2.45, 2.75) is 25.7 Å². The highest BCUT2D eigenvalue weighted by Gasteiger charge is 2.20. The van der Waals surface area contributed by atoms with Crippen LogP contribution in [0.2, 0.25) is 0 Å². The Labute approximate surface area is 126 Å². The second-order valence-electron chi connectivity index (χ2n) is 5.75. The minimum absolute atomic E-state index is 0.763. The summed E-state index contributed by atoms with van der Waals surface area (Å²) in [4.78, 5) is 14.1. The summed E-state index contributed by atoms with van der Waals surface area (Å²) < 4.78 is 0. The molecule has 21 heavy (non-hydrogen) atoms. The normalized spacial score (nSPS) is 21.6. The molecule has 1 aromatic carbocycles. The molecule has 0 bridgehead atoms. The number of anilines is 1. The zero-order valence-corrected chi connectivity index (χ0v) is 12.6. The molecule has 1 aromatic rings. The maximum Gasteiger partial charge on any atom is 0.227 e. The van der Waals surface area contributed by atoms with E-state index < -0.39 is 0 Å². The topological polar surface area (TPSA) is 57.2 Å². The van der Waals surface area contributed by atoms with Crippen LogP contribution in [-0.2, 0) is 0 Å². The number of nitrogen functional groups attached to an aromatic ring is 1. The van der Waals surface area contributed by atoms with Gasteiger partial charge in [-0.05, 0) is 43.5 Å². The van der Waals surface area contributed by atoms with Crippen molar-refractivity contribution in [1.82, 2.24) is 9.80 Å². The summed E-state index contributed by atoms with van der Waals surface area (Å²) in [7, 11) is 2.11. The molecule has 2 saturated heterocycles. The van der Waals surface area contributed by atoms with Crippen LogP contribution in [0.3, 0.4) is 0 Å². The molecule has 0 aliphatic carbocycles. The lowest BCUT2D eigenvalue weighted by atomic mass is 10.3. The van der Waals surface area contributed by atoms with Crippen molar-refractivity contribution in [3.63, 3.8) is 0 Å². The van der Waals surface area contributed by atoms with Crippen LogP contribution in [0.4, 0.5) is 11.4 Å². The van der Waals surface area contributed by atoms with Crippen LogP contribution in [0.5, 0.6) is 0 Å². The van der Waals surface area contributed by atoms with Gasteiger partial charge in [0.2, 0.25) is 5.96 Å². The molecule has 5 nitrogen and oxygen atoms in total. The summed E-state index contributed by atoms with van der Waals surface area (Å²) in [6.45, 7) is 3.19. The Morgan fingerprint density at radius 3 is 2.38 bits per heavy atom. The smallest absolute Gasteiger partial charge is 0.227 e. The molecule has 0 amide bonds. The van der Waals surface area contributed by atoms with Crippen LogP contribution in [-0.4, -0.2) is 48.3 Å². The zero-order valence-electron chi connectivity index (χ0n) is 12.6. The lowest BCUT2D eigenvalue weighted by Gasteiger charge is -2.19. The van der Waals surface area contributed by atoms with Crippen molar-refractivity contribution in [2.24, 2.45) is 9.98 Å². The maximum atomic E-state index is 5.74.